The minimum Gasteiger partial charge on any atom is -0.496 e. The van der Waals surface area contributed by atoms with Crippen molar-refractivity contribution in [2.75, 3.05) is 20.2 Å². The zero-order chi connectivity index (χ0) is 15.6. The van der Waals surface area contributed by atoms with E-state index in [1.165, 1.54) is 7.11 Å². The van der Waals surface area contributed by atoms with Crippen molar-refractivity contribution in [3.8, 4) is 5.75 Å². The highest BCUT2D eigenvalue weighted by Crippen LogP contribution is 2.28. The first kappa shape index (κ1) is 15.8. The molecule has 114 valence electrons. The number of likely N-dealkylation sites (tertiary alicyclic amines) is 1. The fourth-order valence-electron chi connectivity index (χ4n) is 2.71. The van der Waals surface area contributed by atoms with Gasteiger partial charge in [0.1, 0.15) is 5.75 Å². The van der Waals surface area contributed by atoms with Gasteiger partial charge in [0, 0.05) is 17.6 Å². The van der Waals surface area contributed by atoms with Crippen LogP contribution in [0.1, 0.15) is 23.7 Å². The topological polar surface area (TPSA) is 66.8 Å². The standard InChI is InChI=1S/C15H18BrNO4/c1-9-5-10(15(19)20)8-17(7-9)14(18)12-4-3-11(16)6-13(12)21-2/h3-4,6,9-10H,5,7-8H2,1-2H3,(H,19,20). The van der Waals surface area contributed by atoms with Gasteiger partial charge in [-0.15, -0.1) is 0 Å². The van der Waals surface area contributed by atoms with Crippen LogP contribution in [0.4, 0.5) is 0 Å². The number of halogens is 1. The quantitative estimate of drug-likeness (QED) is 0.904. The Balaban J connectivity index is 2.25. The Hall–Kier alpha value is -1.56. The van der Waals surface area contributed by atoms with Gasteiger partial charge in [-0.3, -0.25) is 9.59 Å². The lowest BCUT2D eigenvalue weighted by Gasteiger charge is -2.35. The number of carboxylic acids is 1. The zero-order valence-electron chi connectivity index (χ0n) is 12.0. The molecule has 0 radical (unpaired) electrons. The molecule has 1 fully saturated rings. The fraction of sp³-hybridized carbons (Fsp3) is 0.467. The van der Waals surface area contributed by atoms with Gasteiger partial charge in [0.15, 0.2) is 0 Å². The molecular weight excluding hydrogens is 338 g/mol. The summed E-state index contributed by atoms with van der Waals surface area (Å²) in [6.07, 6.45) is 0.608. The number of carboxylic acid groups (broad SMARTS) is 1. The second-order valence-electron chi connectivity index (χ2n) is 5.43. The molecule has 21 heavy (non-hydrogen) atoms. The number of aliphatic carboxylic acids is 1. The van der Waals surface area contributed by atoms with Gasteiger partial charge in [0.05, 0.1) is 18.6 Å². The first-order valence-electron chi connectivity index (χ1n) is 6.78. The summed E-state index contributed by atoms with van der Waals surface area (Å²) < 4.78 is 6.07. The zero-order valence-corrected chi connectivity index (χ0v) is 13.6. The van der Waals surface area contributed by atoms with Gasteiger partial charge in [0.2, 0.25) is 0 Å². The Morgan fingerprint density at radius 2 is 2.10 bits per heavy atom. The number of hydrogen-bond acceptors (Lipinski definition) is 3. The third-order valence-electron chi connectivity index (χ3n) is 3.69. The predicted octanol–water partition coefficient (Wildman–Crippen LogP) is 2.64. The second-order valence-corrected chi connectivity index (χ2v) is 6.35. The van der Waals surface area contributed by atoms with Crippen LogP contribution in [0.5, 0.6) is 5.75 Å². The minimum absolute atomic E-state index is 0.172. The first-order valence-corrected chi connectivity index (χ1v) is 7.57. The Labute approximate surface area is 132 Å². The molecule has 1 saturated heterocycles. The lowest BCUT2D eigenvalue weighted by molar-refractivity contribution is -0.143. The monoisotopic (exact) mass is 355 g/mol. The van der Waals surface area contributed by atoms with Crippen LogP contribution in [0.2, 0.25) is 0 Å². The predicted molar refractivity (Wildman–Crippen MR) is 81.5 cm³/mol. The maximum absolute atomic E-state index is 12.6. The normalized spacial score (nSPS) is 22.0. The summed E-state index contributed by atoms with van der Waals surface area (Å²) in [4.78, 5) is 25.5. The van der Waals surface area contributed by atoms with Crippen molar-refractivity contribution < 1.29 is 19.4 Å². The van der Waals surface area contributed by atoms with Crippen LogP contribution in [-0.4, -0.2) is 42.1 Å². The summed E-state index contributed by atoms with van der Waals surface area (Å²) in [5.74, 6) is -0.872. The molecule has 1 aromatic rings. The SMILES string of the molecule is COc1cc(Br)ccc1C(=O)N1CC(C)CC(C(=O)O)C1. The molecule has 2 unspecified atom stereocenters. The number of ether oxygens (including phenoxy) is 1. The molecule has 1 aliphatic rings. The van der Waals surface area contributed by atoms with Gasteiger partial charge in [0.25, 0.3) is 5.91 Å². The highest BCUT2D eigenvalue weighted by molar-refractivity contribution is 9.10. The average Bonchev–Trinajstić information content (AvgIpc) is 2.45. The van der Waals surface area contributed by atoms with Crippen molar-refractivity contribution in [3.05, 3.63) is 28.2 Å². The van der Waals surface area contributed by atoms with E-state index in [1.807, 2.05) is 6.92 Å². The van der Waals surface area contributed by atoms with Crippen molar-refractivity contribution in [3.63, 3.8) is 0 Å². The molecular formula is C15H18BrNO4. The van der Waals surface area contributed by atoms with Crippen molar-refractivity contribution in [2.45, 2.75) is 13.3 Å². The van der Waals surface area contributed by atoms with Gasteiger partial charge in [-0.05, 0) is 30.5 Å². The molecule has 6 heteroatoms. The Morgan fingerprint density at radius 1 is 1.38 bits per heavy atom. The fourth-order valence-corrected chi connectivity index (χ4v) is 3.05. The number of benzene rings is 1. The van der Waals surface area contributed by atoms with Crippen LogP contribution >= 0.6 is 15.9 Å². The molecule has 1 N–H and O–H groups in total. The van der Waals surface area contributed by atoms with E-state index in [0.29, 0.717) is 24.3 Å². The van der Waals surface area contributed by atoms with Crippen LogP contribution in [0.25, 0.3) is 0 Å². The van der Waals surface area contributed by atoms with Crippen LogP contribution in [0.15, 0.2) is 22.7 Å². The van der Waals surface area contributed by atoms with Crippen LogP contribution in [0, 0.1) is 11.8 Å². The molecule has 5 nitrogen and oxygen atoms in total. The highest BCUT2D eigenvalue weighted by Gasteiger charge is 2.33. The number of hydrogen-bond donors (Lipinski definition) is 1. The van der Waals surface area contributed by atoms with Gasteiger partial charge >= 0.3 is 5.97 Å². The second kappa shape index (κ2) is 6.47. The highest BCUT2D eigenvalue weighted by atomic mass is 79.9. The van der Waals surface area contributed by atoms with Crippen molar-refractivity contribution in [2.24, 2.45) is 11.8 Å². The Kier molecular flexibility index (Phi) is 4.88. The number of nitrogens with zero attached hydrogens (tertiary/aromatic N) is 1. The van der Waals surface area contributed by atoms with E-state index in [9.17, 15) is 14.7 Å². The van der Waals surface area contributed by atoms with E-state index in [0.717, 1.165) is 4.47 Å². The summed E-state index contributed by atoms with van der Waals surface area (Å²) in [6.45, 7) is 2.79. The summed E-state index contributed by atoms with van der Waals surface area (Å²) in [6, 6.07) is 5.20. The van der Waals surface area contributed by atoms with Crippen LogP contribution in [-0.2, 0) is 4.79 Å². The van der Waals surface area contributed by atoms with Crippen LogP contribution in [0.3, 0.4) is 0 Å². The number of piperidine rings is 1. The third kappa shape index (κ3) is 3.56. The Morgan fingerprint density at radius 3 is 2.71 bits per heavy atom. The first-order chi connectivity index (χ1) is 9.92. The van der Waals surface area contributed by atoms with Gasteiger partial charge in [-0.2, -0.15) is 0 Å². The number of amides is 1. The molecule has 1 aliphatic heterocycles. The average molecular weight is 356 g/mol. The molecule has 1 aromatic carbocycles. The summed E-state index contributed by atoms with van der Waals surface area (Å²) in [7, 11) is 1.51. The largest absolute Gasteiger partial charge is 0.496 e. The number of carbonyl (C=O) groups excluding carboxylic acids is 1. The number of rotatable bonds is 3. The van der Waals surface area contributed by atoms with E-state index in [2.05, 4.69) is 15.9 Å². The molecule has 0 bridgehead atoms. The van der Waals surface area contributed by atoms with E-state index in [-0.39, 0.29) is 18.4 Å². The van der Waals surface area contributed by atoms with E-state index in [1.54, 1.807) is 23.1 Å². The maximum atomic E-state index is 12.6. The van der Waals surface area contributed by atoms with E-state index >= 15 is 0 Å². The van der Waals surface area contributed by atoms with E-state index < -0.39 is 11.9 Å². The maximum Gasteiger partial charge on any atom is 0.308 e. The van der Waals surface area contributed by atoms with E-state index in [4.69, 9.17) is 4.74 Å². The molecule has 0 aliphatic carbocycles. The van der Waals surface area contributed by atoms with Crippen LogP contribution < -0.4 is 4.74 Å². The lowest BCUT2D eigenvalue weighted by atomic mass is 9.90. The van der Waals surface area contributed by atoms with Crippen molar-refractivity contribution in [1.82, 2.24) is 4.90 Å². The smallest absolute Gasteiger partial charge is 0.308 e. The summed E-state index contributed by atoms with van der Waals surface area (Å²) in [5, 5.41) is 9.19. The van der Waals surface area contributed by atoms with Gasteiger partial charge in [-0.25, -0.2) is 0 Å². The molecule has 0 spiro atoms. The minimum atomic E-state index is -0.845. The number of methoxy groups -OCH3 is 1. The Bertz CT molecular complexity index is 561. The third-order valence-corrected chi connectivity index (χ3v) is 4.18. The van der Waals surface area contributed by atoms with Crippen molar-refractivity contribution >= 4 is 27.8 Å². The molecule has 2 atom stereocenters. The molecule has 0 aromatic heterocycles. The molecule has 0 saturated carbocycles. The summed E-state index contributed by atoms with van der Waals surface area (Å²) >= 11 is 3.34. The lowest BCUT2D eigenvalue weighted by Crippen LogP contribution is -2.45. The molecule has 1 amide bonds. The van der Waals surface area contributed by atoms with Crippen molar-refractivity contribution in [1.29, 1.82) is 0 Å². The molecule has 2 rings (SSSR count). The number of carbonyl (C=O) groups is 2. The van der Waals surface area contributed by atoms with Gasteiger partial charge in [-0.1, -0.05) is 22.9 Å². The van der Waals surface area contributed by atoms with Gasteiger partial charge < -0.3 is 14.7 Å². The molecule has 1 heterocycles. The summed E-state index contributed by atoms with van der Waals surface area (Å²) in [5.41, 5.74) is 0.457.